The summed E-state index contributed by atoms with van der Waals surface area (Å²) in [6.07, 6.45) is 1.44. The molecule has 1 N–H and O–H groups in total. The molecule has 0 radical (unpaired) electrons. The number of piperidine rings is 1. The van der Waals surface area contributed by atoms with E-state index in [0.717, 1.165) is 18.4 Å². The van der Waals surface area contributed by atoms with Crippen molar-refractivity contribution in [3.05, 3.63) is 28.8 Å². The Morgan fingerprint density at radius 3 is 2.76 bits per heavy atom. The first-order chi connectivity index (χ1) is 11.9. The lowest BCUT2D eigenvalue weighted by Crippen LogP contribution is -2.53. The van der Waals surface area contributed by atoms with E-state index in [2.05, 4.69) is 10.2 Å². The Balaban J connectivity index is 1.74. The summed E-state index contributed by atoms with van der Waals surface area (Å²) in [4.78, 5) is 26.9. The minimum absolute atomic E-state index is 0.0473. The summed E-state index contributed by atoms with van der Waals surface area (Å²) < 4.78 is 10.6. The maximum Gasteiger partial charge on any atom is 0.411 e. The second-order valence-electron chi connectivity index (χ2n) is 6.75. The Kier molecular flexibility index (Phi) is 5.20. The molecular weight excluding hydrogens is 344 g/mol. The molecule has 2 aliphatic rings. The van der Waals surface area contributed by atoms with Crippen molar-refractivity contribution in [2.24, 2.45) is 5.92 Å². The molecule has 0 aromatic heterocycles. The third kappa shape index (κ3) is 3.46. The molecular formula is C18H23ClN2O4. The van der Waals surface area contributed by atoms with Gasteiger partial charge >= 0.3 is 12.1 Å². The molecule has 2 bridgehead atoms. The Morgan fingerprint density at radius 1 is 1.32 bits per heavy atom. The summed E-state index contributed by atoms with van der Waals surface area (Å²) in [6.45, 7) is 1.86. The number of fused-ring (bicyclic) bond motifs is 2. The highest BCUT2D eigenvalue weighted by Gasteiger charge is 2.51. The minimum Gasteiger partial charge on any atom is -0.469 e. The fraction of sp³-hybridized carbons (Fsp3) is 0.556. The van der Waals surface area contributed by atoms with E-state index in [0.29, 0.717) is 23.2 Å². The van der Waals surface area contributed by atoms with Crippen LogP contribution in [0.4, 0.5) is 10.5 Å². The monoisotopic (exact) mass is 366 g/mol. The average Bonchev–Trinajstić information content (AvgIpc) is 2.81. The number of hydrogen-bond acceptors (Lipinski definition) is 5. The van der Waals surface area contributed by atoms with E-state index in [4.69, 9.17) is 21.1 Å². The van der Waals surface area contributed by atoms with Crippen LogP contribution in [0.5, 0.6) is 0 Å². The predicted molar refractivity (Wildman–Crippen MR) is 94.8 cm³/mol. The van der Waals surface area contributed by atoms with Gasteiger partial charge in [-0.1, -0.05) is 23.7 Å². The van der Waals surface area contributed by atoms with Crippen molar-refractivity contribution in [2.45, 2.75) is 44.4 Å². The van der Waals surface area contributed by atoms with Gasteiger partial charge < -0.3 is 9.47 Å². The van der Waals surface area contributed by atoms with Gasteiger partial charge in [-0.05, 0) is 38.4 Å². The smallest absolute Gasteiger partial charge is 0.411 e. The van der Waals surface area contributed by atoms with Gasteiger partial charge in [0.15, 0.2) is 0 Å². The van der Waals surface area contributed by atoms with Crippen molar-refractivity contribution in [1.29, 1.82) is 0 Å². The summed E-state index contributed by atoms with van der Waals surface area (Å²) in [5, 5.41) is 3.15. The van der Waals surface area contributed by atoms with Gasteiger partial charge in [0, 0.05) is 18.5 Å². The van der Waals surface area contributed by atoms with Gasteiger partial charge in [0.2, 0.25) is 0 Å². The third-order valence-electron chi connectivity index (χ3n) is 5.39. The Labute approximate surface area is 152 Å². The lowest BCUT2D eigenvalue weighted by Gasteiger charge is -2.40. The number of amides is 1. The van der Waals surface area contributed by atoms with Gasteiger partial charge in [-0.2, -0.15) is 0 Å². The largest absolute Gasteiger partial charge is 0.469 e. The Bertz CT molecular complexity index is 661. The molecule has 136 valence electrons. The van der Waals surface area contributed by atoms with Crippen LogP contribution < -0.4 is 5.32 Å². The molecule has 1 aromatic carbocycles. The summed E-state index contributed by atoms with van der Waals surface area (Å²) in [7, 11) is 3.38. The van der Waals surface area contributed by atoms with Crippen molar-refractivity contribution in [2.75, 3.05) is 19.5 Å². The number of nitrogens with zero attached hydrogens (tertiary/aromatic N) is 1. The number of methoxy groups -OCH3 is 1. The van der Waals surface area contributed by atoms with Crippen LogP contribution in [0.1, 0.15) is 24.8 Å². The number of esters is 1. The van der Waals surface area contributed by atoms with Crippen LogP contribution in [0.2, 0.25) is 5.02 Å². The van der Waals surface area contributed by atoms with E-state index in [-0.39, 0.29) is 12.0 Å². The number of nitrogens with one attached hydrogen (secondary N) is 1. The highest BCUT2D eigenvalue weighted by molar-refractivity contribution is 6.33. The molecule has 4 atom stereocenters. The second-order valence-corrected chi connectivity index (χ2v) is 7.16. The molecule has 4 unspecified atom stereocenters. The van der Waals surface area contributed by atoms with E-state index in [9.17, 15) is 9.59 Å². The van der Waals surface area contributed by atoms with Crippen molar-refractivity contribution in [3.63, 3.8) is 0 Å². The van der Waals surface area contributed by atoms with Crippen molar-refractivity contribution >= 4 is 29.4 Å². The van der Waals surface area contributed by atoms with E-state index in [1.54, 1.807) is 6.07 Å². The molecule has 1 aromatic rings. The van der Waals surface area contributed by atoms with Crippen LogP contribution >= 0.6 is 11.6 Å². The number of rotatable bonds is 3. The lowest BCUT2D eigenvalue weighted by molar-refractivity contribution is -0.155. The Morgan fingerprint density at radius 2 is 2.08 bits per heavy atom. The van der Waals surface area contributed by atoms with E-state index in [1.165, 1.54) is 7.11 Å². The lowest BCUT2D eigenvalue weighted by atomic mass is 9.87. The zero-order valence-corrected chi connectivity index (χ0v) is 15.4. The highest BCUT2D eigenvalue weighted by Crippen LogP contribution is 2.40. The van der Waals surface area contributed by atoms with Gasteiger partial charge in [-0.15, -0.1) is 0 Å². The van der Waals surface area contributed by atoms with Crippen LogP contribution in [-0.4, -0.2) is 49.3 Å². The van der Waals surface area contributed by atoms with Gasteiger partial charge in [-0.3, -0.25) is 15.0 Å². The molecule has 7 heteroatoms. The van der Waals surface area contributed by atoms with Crippen LogP contribution in [0.25, 0.3) is 0 Å². The van der Waals surface area contributed by atoms with Crippen LogP contribution in [0.3, 0.4) is 0 Å². The van der Waals surface area contributed by atoms with Crippen molar-refractivity contribution < 1.29 is 19.1 Å². The topological polar surface area (TPSA) is 67.9 Å². The minimum atomic E-state index is -0.598. The molecule has 3 rings (SSSR count). The summed E-state index contributed by atoms with van der Waals surface area (Å²) in [5.41, 5.74) is 1.37. The predicted octanol–water partition coefficient (Wildman–Crippen LogP) is 3.22. The zero-order valence-electron chi connectivity index (χ0n) is 14.6. The summed E-state index contributed by atoms with van der Waals surface area (Å²) in [5.74, 6) is -0.796. The van der Waals surface area contributed by atoms with Crippen molar-refractivity contribution in [3.8, 4) is 0 Å². The molecule has 2 saturated heterocycles. The summed E-state index contributed by atoms with van der Waals surface area (Å²) >= 11 is 6.14. The first-order valence-corrected chi connectivity index (χ1v) is 8.82. The number of ether oxygens (including phenoxy) is 2. The van der Waals surface area contributed by atoms with Crippen LogP contribution in [0, 0.1) is 12.8 Å². The molecule has 1 amide bonds. The normalized spacial score (nSPS) is 28.5. The van der Waals surface area contributed by atoms with Gasteiger partial charge in [0.1, 0.15) is 12.0 Å². The quantitative estimate of drug-likeness (QED) is 0.832. The number of para-hydroxylation sites is 1. The second kappa shape index (κ2) is 7.22. The standard InChI is InChI=1S/C18H23ClN2O4/c1-10-5-4-6-12(19)16(10)20-18(23)25-14-9-11-7-8-13(21(11)2)15(14)17(22)24-3/h4-6,11,13-15H,7-9H2,1-3H3,(H,20,23). The van der Waals surface area contributed by atoms with Gasteiger partial charge in [-0.25, -0.2) is 4.79 Å². The number of carbonyl (C=O) groups is 2. The number of halogens is 1. The maximum atomic E-state index is 12.4. The fourth-order valence-corrected chi connectivity index (χ4v) is 4.32. The number of aryl methyl sites for hydroxylation is 1. The third-order valence-corrected chi connectivity index (χ3v) is 5.71. The van der Waals surface area contributed by atoms with E-state index >= 15 is 0 Å². The SMILES string of the molecule is COC(=O)C1C(OC(=O)Nc2c(C)cccc2Cl)CC2CCC1N2C. The number of hydrogen-bond donors (Lipinski definition) is 1. The molecule has 0 aliphatic carbocycles. The molecule has 2 fully saturated rings. The average molecular weight is 367 g/mol. The number of benzene rings is 1. The number of anilines is 1. The molecule has 6 nitrogen and oxygen atoms in total. The molecule has 0 spiro atoms. The number of carbonyl (C=O) groups excluding carboxylic acids is 2. The van der Waals surface area contributed by atoms with E-state index in [1.807, 2.05) is 26.1 Å². The zero-order chi connectivity index (χ0) is 18.1. The van der Waals surface area contributed by atoms with E-state index < -0.39 is 18.1 Å². The van der Waals surface area contributed by atoms with Crippen molar-refractivity contribution in [1.82, 2.24) is 4.90 Å². The fourth-order valence-electron chi connectivity index (χ4n) is 4.05. The van der Waals surface area contributed by atoms with Gasteiger partial charge in [0.05, 0.1) is 17.8 Å². The maximum absolute atomic E-state index is 12.4. The highest BCUT2D eigenvalue weighted by atomic mass is 35.5. The van der Waals surface area contributed by atoms with Crippen LogP contribution in [0.15, 0.2) is 18.2 Å². The first-order valence-electron chi connectivity index (χ1n) is 8.45. The Hall–Kier alpha value is -1.79. The molecule has 2 aliphatic heterocycles. The summed E-state index contributed by atoms with van der Waals surface area (Å²) in [6, 6.07) is 5.75. The van der Waals surface area contributed by atoms with Crippen LogP contribution in [-0.2, 0) is 14.3 Å². The molecule has 2 heterocycles. The van der Waals surface area contributed by atoms with Gasteiger partial charge in [0.25, 0.3) is 0 Å². The molecule has 0 saturated carbocycles. The first kappa shape index (κ1) is 18.0. The molecule has 25 heavy (non-hydrogen) atoms.